The lowest BCUT2D eigenvalue weighted by molar-refractivity contribution is -0.125. The van der Waals surface area contributed by atoms with Crippen molar-refractivity contribution in [1.29, 1.82) is 0 Å². The molecule has 8 nitrogen and oxygen atoms in total. The Kier molecular flexibility index (Phi) is 7.93. The number of hydrogen-bond acceptors (Lipinski definition) is 6. The summed E-state index contributed by atoms with van der Waals surface area (Å²) < 4.78 is 37.5. The van der Waals surface area contributed by atoms with Crippen LogP contribution in [-0.4, -0.2) is 50.8 Å². The van der Waals surface area contributed by atoms with E-state index >= 15 is 0 Å². The Morgan fingerprint density at radius 2 is 1.73 bits per heavy atom. The highest BCUT2D eigenvalue weighted by Gasteiger charge is 2.36. The first-order valence-electron chi connectivity index (χ1n) is 10.9. The second-order valence-electron chi connectivity index (χ2n) is 8.16. The van der Waals surface area contributed by atoms with Crippen molar-refractivity contribution in [2.45, 2.75) is 75.3 Å². The Hall–Kier alpha value is -1.87. The largest absolute Gasteiger partial charge is 0.463 e. The van der Waals surface area contributed by atoms with Crippen LogP contribution >= 0.6 is 0 Å². The maximum atomic E-state index is 13.1. The molecule has 1 aromatic heterocycles. The van der Waals surface area contributed by atoms with Gasteiger partial charge in [-0.25, -0.2) is 13.2 Å². The molecule has 1 aliphatic heterocycles. The van der Waals surface area contributed by atoms with Gasteiger partial charge < -0.3 is 14.5 Å². The molecule has 2 aliphatic rings. The van der Waals surface area contributed by atoms with Gasteiger partial charge in [0.1, 0.15) is 0 Å². The summed E-state index contributed by atoms with van der Waals surface area (Å²) >= 11 is 0. The van der Waals surface area contributed by atoms with Gasteiger partial charge in [-0.15, -0.1) is 0 Å². The summed E-state index contributed by atoms with van der Waals surface area (Å²) in [6, 6.07) is 2.25. The third kappa shape index (κ3) is 5.43. The summed E-state index contributed by atoms with van der Waals surface area (Å²) in [6.45, 7) is 0.652. The van der Waals surface area contributed by atoms with Crippen molar-refractivity contribution in [2.24, 2.45) is 5.92 Å². The van der Waals surface area contributed by atoms with Crippen molar-refractivity contribution < 1.29 is 27.2 Å². The van der Waals surface area contributed by atoms with Crippen LogP contribution in [0.3, 0.4) is 0 Å². The van der Waals surface area contributed by atoms with Gasteiger partial charge in [0.25, 0.3) is 10.0 Å². The Morgan fingerprint density at radius 3 is 2.43 bits per heavy atom. The molecule has 2 heterocycles. The number of methoxy groups -OCH3 is 1. The Balaban J connectivity index is 1.66. The summed E-state index contributed by atoms with van der Waals surface area (Å²) in [5.41, 5.74) is 0. The topological polar surface area (TPSA) is 106 Å². The van der Waals surface area contributed by atoms with Crippen molar-refractivity contribution in [3.63, 3.8) is 0 Å². The van der Waals surface area contributed by atoms with Crippen LogP contribution in [0, 0.1) is 5.92 Å². The second kappa shape index (κ2) is 10.4. The number of nitrogens with one attached hydrogen (secondary N) is 1. The van der Waals surface area contributed by atoms with Crippen molar-refractivity contribution in [3.8, 4) is 0 Å². The summed E-state index contributed by atoms with van der Waals surface area (Å²) in [5, 5.41) is 2.73. The van der Waals surface area contributed by atoms with E-state index in [4.69, 9.17) is 4.42 Å². The van der Waals surface area contributed by atoms with Gasteiger partial charge in [0.15, 0.2) is 0 Å². The first kappa shape index (κ1) is 22.8. The van der Waals surface area contributed by atoms with E-state index in [1.165, 1.54) is 42.8 Å². The van der Waals surface area contributed by atoms with Crippen LogP contribution in [0.4, 0.5) is 0 Å². The van der Waals surface area contributed by atoms with E-state index in [1.54, 1.807) is 0 Å². The highest BCUT2D eigenvalue weighted by Crippen LogP contribution is 2.27. The van der Waals surface area contributed by atoms with Gasteiger partial charge in [0.2, 0.25) is 16.8 Å². The Morgan fingerprint density at radius 1 is 1.07 bits per heavy atom. The number of carbonyl (C=O) groups is 2. The lowest BCUT2D eigenvalue weighted by atomic mass is 9.90. The van der Waals surface area contributed by atoms with Gasteiger partial charge in [-0.2, -0.15) is 4.31 Å². The average molecular weight is 441 g/mol. The number of ether oxygens (including phenoxy) is 1. The number of piperidine rings is 1. The highest BCUT2D eigenvalue weighted by molar-refractivity contribution is 7.89. The minimum Gasteiger partial charge on any atom is -0.463 e. The van der Waals surface area contributed by atoms with Crippen LogP contribution < -0.4 is 5.32 Å². The van der Waals surface area contributed by atoms with Gasteiger partial charge in [-0.1, -0.05) is 38.5 Å². The fraction of sp³-hybridized carbons (Fsp3) is 0.714. The second-order valence-corrected chi connectivity index (χ2v) is 9.98. The third-order valence-corrected chi connectivity index (χ3v) is 7.92. The van der Waals surface area contributed by atoms with E-state index in [1.807, 2.05) is 0 Å². The number of carbonyl (C=O) groups excluding carboxylic acids is 2. The Bertz CT molecular complexity index is 826. The predicted octanol–water partition coefficient (Wildman–Crippen LogP) is 3.09. The lowest BCUT2D eigenvalue weighted by Crippen LogP contribution is -2.50. The van der Waals surface area contributed by atoms with Gasteiger partial charge in [0.05, 0.1) is 7.11 Å². The van der Waals surface area contributed by atoms with E-state index in [0.717, 1.165) is 38.5 Å². The number of hydrogen-bond donors (Lipinski definition) is 1. The fourth-order valence-corrected chi connectivity index (χ4v) is 5.97. The molecule has 9 heteroatoms. The zero-order valence-electron chi connectivity index (χ0n) is 17.6. The minimum atomic E-state index is -3.91. The zero-order valence-corrected chi connectivity index (χ0v) is 18.4. The SMILES string of the molecule is COC(=O)c1ccc(S(=O)(=O)N2CCCCC2CNC(=O)C2CCCCCCC2)o1. The molecule has 1 saturated heterocycles. The molecule has 1 atom stereocenters. The molecule has 1 unspecified atom stereocenters. The monoisotopic (exact) mass is 440 g/mol. The molecule has 30 heavy (non-hydrogen) atoms. The number of furan rings is 1. The van der Waals surface area contributed by atoms with Crippen molar-refractivity contribution in [2.75, 3.05) is 20.2 Å². The molecule has 0 spiro atoms. The van der Waals surface area contributed by atoms with Crippen molar-refractivity contribution in [3.05, 3.63) is 17.9 Å². The van der Waals surface area contributed by atoms with Gasteiger partial charge >= 0.3 is 5.97 Å². The number of rotatable bonds is 6. The van der Waals surface area contributed by atoms with Crippen LogP contribution in [0.1, 0.15) is 74.8 Å². The van der Waals surface area contributed by atoms with Crippen molar-refractivity contribution in [1.82, 2.24) is 9.62 Å². The number of amides is 1. The number of esters is 1. The van der Waals surface area contributed by atoms with Gasteiger partial charge in [-0.3, -0.25) is 4.79 Å². The van der Waals surface area contributed by atoms with Crippen LogP contribution in [0.15, 0.2) is 21.6 Å². The quantitative estimate of drug-likeness (QED) is 0.682. The molecule has 1 saturated carbocycles. The van der Waals surface area contributed by atoms with E-state index in [0.29, 0.717) is 19.5 Å². The molecule has 168 valence electrons. The smallest absolute Gasteiger partial charge is 0.374 e. The molecule has 0 bridgehead atoms. The standard InChI is InChI=1S/C21H32N2O6S/c1-28-21(25)18-12-13-19(29-18)30(26,27)23-14-8-7-11-17(23)15-22-20(24)16-9-5-3-2-4-6-10-16/h12-13,16-17H,2-11,14-15H2,1H3,(H,22,24). The minimum absolute atomic E-state index is 0.0200. The van der Waals surface area contributed by atoms with Gasteiger partial charge in [-0.05, 0) is 37.8 Å². The molecule has 1 aromatic rings. The van der Waals surface area contributed by atoms with Crippen LogP contribution in [0.2, 0.25) is 0 Å². The predicted molar refractivity (Wildman–Crippen MR) is 110 cm³/mol. The van der Waals surface area contributed by atoms with E-state index in [9.17, 15) is 18.0 Å². The molecule has 3 rings (SSSR count). The lowest BCUT2D eigenvalue weighted by Gasteiger charge is -2.34. The Labute approximate surface area is 178 Å². The molecule has 1 amide bonds. The van der Waals surface area contributed by atoms with Gasteiger partial charge in [0, 0.05) is 25.0 Å². The zero-order chi connectivity index (χ0) is 21.6. The van der Waals surface area contributed by atoms with E-state index in [-0.39, 0.29) is 28.7 Å². The molecule has 1 N–H and O–H groups in total. The molecule has 0 radical (unpaired) electrons. The highest BCUT2D eigenvalue weighted by atomic mass is 32.2. The maximum absolute atomic E-state index is 13.1. The summed E-state index contributed by atoms with van der Waals surface area (Å²) in [4.78, 5) is 24.3. The molecule has 0 aromatic carbocycles. The van der Waals surface area contributed by atoms with E-state index < -0.39 is 16.0 Å². The summed E-state index contributed by atoms with van der Waals surface area (Å²) in [6.07, 6.45) is 9.87. The van der Waals surface area contributed by atoms with Crippen LogP contribution in [-0.2, 0) is 19.6 Å². The average Bonchev–Trinajstić information content (AvgIpc) is 3.22. The van der Waals surface area contributed by atoms with Crippen LogP contribution in [0.5, 0.6) is 0 Å². The first-order valence-corrected chi connectivity index (χ1v) is 12.3. The normalized spacial score (nSPS) is 22.1. The van der Waals surface area contributed by atoms with Crippen LogP contribution in [0.25, 0.3) is 0 Å². The number of nitrogens with zero attached hydrogens (tertiary/aromatic N) is 1. The summed E-state index contributed by atoms with van der Waals surface area (Å²) in [5.74, 6) is -0.822. The number of sulfonamides is 1. The van der Waals surface area contributed by atoms with E-state index in [2.05, 4.69) is 10.1 Å². The molecule has 2 fully saturated rings. The molecule has 1 aliphatic carbocycles. The molecular weight excluding hydrogens is 408 g/mol. The maximum Gasteiger partial charge on any atom is 0.374 e. The molecular formula is C21H32N2O6S. The fourth-order valence-electron chi connectivity index (χ4n) is 4.36. The van der Waals surface area contributed by atoms with Crippen molar-refractivity contribution >= 4 is 21.9 Å². The summed E-state index contributed by atoms with van der Waals surface area (Å²) in [7, 11) is -2.70. The third-order valence-electron chi connectivity index (χ3n) is 6.09. The first-order chi connectivity index (χ1) is 14.4.